The molecular weight excluding hydrogens is 384 g/mol. The number of phenolic OH excluding ortho intramolecular Hbond substituents is 1. The van der Waals surface area contributed by atoms with Crippen LogP contribution in [0.25, 0.3) is 22.3 Å². The number of hydrogen-bond acceptors (Lipinski definition) is 3. The number of hydrogen-bond donors (Lipinski definition) is 1. The quantitative estimate of drug-likeness (QED) is 0.366. The van der Waals surface area contributed by atoms with Crippen molar-refractivity contribution in [1.29, 1.82) is 0 Å². The van der Waals surface area contributed by atoms with Crippen molar-refractivity contribution in [2.75, 3.05) is 0 Å². The number of carbonyl (C=O) groups is 1. The molecule has 0 bridgehead atoms. The number of aromatic hydroxyl groups is 1. The van der Waals surface area contributed by atoms with E-state index in [0.717, 1.165) is 33.4 Å². The van der Waals surface area contributed by atoms with Gasteiger partial charge in [-0.25, -0.2) is 0 Å². The van der Waals surface area contributed by atoms with Gasteiger partial charge in [0.1, 0.15) is 11.5 Å². The average Bonchev–Trinajstić information content (AvgIpc) is 2.81. The Bertz CT molecular complexity index is 1200. The maximum absolute atomic E-state index is 11.0. The van der Waals surface area contributed by atoms with Crippen molar-refractivity contribution in [3.8, 4) is 33.8 Å². The predicted molar refractivity (Wildman–Crippen MR) is 124 cm³/mol. The molecule has 0 heterocycles. The van der Waals surface area contributed by atoms with Gasteiger partial charge in [-0.1, -0.05) is 86.6 Å². The van der Waals surface area contributed by atoms with Crippen LogP contribution in [0.15, 0.2) is 97.1 Å². The van der Waals surface area contributed by atoms with E-state index in [1.54, 1.807) is 6.07 Å². The summed E-state index contributed by atoms with van der Waals surface area (Å²) in [7, 11) is 0. The van der Waals surface area contributed by atoms with E-state index in [2.05, 4.69) is 19.9 Å². The zero-order valence-corrected chi connectivity index (χ0v) is 17.6. The maximum atomic E-state index is 11.0. The molecule has 1 N–H and O–H groups in total. The summed E-state index contributed by atoms with van der Waals surface area (Å²) in [6.45, 7) is 4.76. The summed E-state index contributed by atoms with van der Waals surface area (Å²) in [6, 6.07) is 31.4. The number of phenols is 1. The molecule has 0 spiro atoms. The maximum Gasteiger partial charge on any atom is 0.298 e. The molecule has 0 aromatic heterocycles. The number of rotatable bonds is 6. The molecule has 31 heavy (non-hydrogen) atoms. The van der Waals surface area contributed by atoms with E-state index >= 15 is 0 Å². The Kier molecular flexibility index (Phi) is 5.59. The molecule has 154 valence electrons. The Hall–Kier alpha value is -3.85. The lowest BCUT2D eigenvalue weighted by Crippen LogP contribution is -2.19. The molecule has 0 saturated heterocycles. The van der Waals surface area contributed by atoms with Crippen molar-refractivity contribution >= 4 is 6.47 Å². The minimum Gasteiger partial charge on any atom is -0.507 e. The van der Waals surface area contributed by atoms with Crippen LogP contribution in [0, 0.1) is 0 Å². The van der Waals surface area contributed by atoms with Gasteiger partial charge in [-0.05, 0) is 46.5 Å². The van der Waals surface area contributed by atoms with E-state index < -0.39 is 0 Å². The van der Waals surface area contributed by atoms with Crippen LogP contribution in [-0.4, -0.2) is 11.6 Å². The van der Waals surface area contributed by atoms with E-state index in [1.165, 1.54) is 0 Å². The first-order valence-corrected chi connectivity index (χ1v) is 10.2. The van der Waals surface area contributed by atoms with Crippen LogP contribution in [0.3, 0.4) is 0 Å². The Labute approximate surface area is 182 Å². The van der Waals surface area contributed by atoms with Gasteiger partial charge in [0, 0.05) is 16.5 Å². The third kappa shape index (κ3) is 4.08. The Balaban J connectivity index is 1.82. The SMILES string of the molecule is CC(C)(c1ccc(O)c(-c2ccccc2)c1)c1ccc(OC=O)c(-c2ccccc2)c1. The summed E-state index contributed by atoms with van der Waals surface area (Å²) in [5.74, 6) is 0.780. The Morgan fingerprint density at radius 3 is 1.81 bits per heavy atom. The summed E-state index contributed by atoms with van der Waals surface area (Å²) < 4.78 is 5.24. The van der Waals surface area contributed by atoms with Gasteiger partial charge in [-0.3, -0.25) is 4.79 Å². The number of carbonyl (C=O) groups excluding carboxylic acids is 1. The van der Waals surface area contributed by atoms with Crippen molar-refractivity contribution in [3.63, 3.8) is 0 Å². The standard InChI is InChI=1S/C28H24O3/c1-28(2,22-13-15-26(30)24(17-22)20-9-5-3-6-10-20)23-14-16-27(31-19-29)25(18-23)21-11-7-4-8-12-21/h3-19,30H,1-2H3. The summed E-state index contributed by atoms with van der Waals surface area (Å²) in [5, 5.41) is 10.5. The summed E-state index contributed by atoms with van der Waals surface area (Å²) in [4.78, 5) is 11.0. The summed E-state index contributed by atoms with van der Waals surface area (Å²) in [6.07, 6.45) is 0. The number of ether oxygens (including phenoxy) is 1. The summed E-state index contributed by atoms with van der Waals surface area (Å²) >= 11 is 0. The van der Waals surface area contributed by atoms with E-state index in [9.17, 15) is 9.90 Å². The molecule has 3 heteroatoms. The topological polar surface area (TPSA) is 46.5 Å². The van der Waals surface area contributed by atoms with Gasteiger partial charge < -0.3 is 9.84 Å². The van der Waals surface area contributed by atoms with Crippen LogP contribution >= 0.6 is 0 Å². The second-order valence-electron chi connectivity index (χ2n) is 8.01. The molecular formula is C28H24O3. The largest absolute Gasteiger partial charge is 0.507 e. The van der Waals surface area contributed by atoms with Gasteiger partial charge in [0.2, 0.25) is 0 Å². The smallest absolute Gasteiger partial charge is 0.298 e. The van der Waals surface area contributed by atoms with Crippen LogP contribution in [0.4, 0.5) is 0 Å². The second kappa shape index (κ2) is 8.49. The van der Waals surface area contributed by atoms with Crippen LogP contribution in [0.2, 0.25) is 0 Å². The van der Waals surface area contributed by atoms with Gasteiger partial charge in [-0.2, -0.15) is 0 Å². The lowest BCUT2D eigenvalue weighted by molar-refractivity contribution is -0.120. The summed E-state index contributed by atoms with van der Waals surface area (Å²) in [5.41, 5.74) is 5.42. The Morgan fingerprint density at radius 2 is 1.23 bits per heavy atom. The molecule has 0 radical (unpaired) electrons. The zero-order chi connectivity index (χ0) is 21.8. The van der Waals surface area contributed by atoms with Gasteiger partial charge in [0.05, 0.1) is 0 Å². The normalized spacial score (nSPS) is 11.2. The molecule has 4 aromatic rings. The van der Waals surface area contributed by atoms with Crippen LogP contribution in [0.1, 0.15) is 25.0 Å². The molecule has 0 atom stereocenters. The highest BCUT2D eigenvalue weighted by atomic mass is 16.5. The lowest BCUT2D eigenvalue weighted by atomic mass is 9.76. The fourth-order valence-corrected chi connectivity index (χ4v) is 3.86. The van der Waals surface area contributed by atoms with Gasteiger partial charge >= 0.3 is 0 Å². The van der Waals surface area contributed by atoms with Gasteiger partial charge in [-0.15, -0.1) is 0 Å². The van der Waals surface area contributed by atoms with Gasteiger partial charge in [0.25, 0.3) is 6.47 Å². The van der Waals surface area contributed by atoms with Crippen molar-refractivity contribution in [2.45, 2.75) is 19.3 Å². The van der Waals surface area contributed by atoms with E-state index in [1.807, 2.05) is 84.9 Å². The van der Waals surface area contributed by atoms with Crippen LogP contribution < -0.4 is 4.74 Å². The minimum absolute atomic E-state index is 0.255. The average molecular weight is 408 g/mol. The first kappa shape index (κ1) is 20.4. The fraction of sp³-hybridized carbons (Fsp3) is 0.107. The number of benzene rings is 4. The minimum atomic E-state index is -0.347. The molecule has 0 unspecified atom stereocenters. The highest BCUT2D eigenvalue weighted by Crippen LogP contribution is 2.40. The zero-order valence-electron chi connectivity index (χ0n) is 17.6. The second-order valence-corrected chi connectivity index (χ2v) is 8.01. The molecule has 0 amide bonds. The molecule has 3 nitrogen and oxygen atoms in total. The Morgan fingerprint density at radius 1 is 0.710 bits per heavy atom. The van der Waals surface area contributed by atoms with Crippen LogP contribution in [-0.2, 0) is 10.2 Å². The molecule has 0 aliphatic heterocycles. The van der Waals surface area contributed by atoms with E-state index in [-0.39, 0.29) is 11.2 Å². The molecule has 0 aliphatic rings. The monoisotopic (exact) mass is 408 g/mol. The third-order valence-corrected chi connectivity index (χ3v) is 5.76. The molecule has 4 aromatic carbocycles. The third-order valence-electron chi connectivity index (χ3n) is 5.76. The first-order chi connectivity index (χ1) is 15.0. The first-order valence-electron chi connectivity index (χ1n) is 10.2. The fourth-order valence-electron chi connectivity index (χ4n) is 3.86. The van der Waals surface area contributed by atoms with Gasteiger partial charge in [0.15, 0.2) is 0 Å². The highest BCUT2D eigenvalue weighted by molar-refractivity contribution is 5.74. The predicted octanol–water partition coefficient (Wildman–Crippen LogP) is 6.59. The molecule has 4 rings (SSSR count). The lowest BCUT2D eigenvalue weighted by Gasteiger charge is -2.28. The van der Waals surface area contributed by atoms with Crippen molar-refractivity contribution < 1.29 is 14.6 Å². The van der Waals surface area contributed by atoms with E-state index in [0.29, 0.717) is 12.2 Å². The molecule has 0 fully saturated rings. The van der Waals surface area contributed by atoms with Crippen molar-refractivity contribution in [1.82, 2.24) is 0 Å². The van der Waals surface area contributed by atoms with Crippen molar-refractivity contribution in [3.05, 3.63) is 108 Å². The molecule has 0 saturated carbocycles. The van der Waals surface area contributed by atoms with E-state index in [4.69, 9.17) is 4.74 Å². The molecule has 0 aliphatic carbocycles. The highest BCUT2D eigenvalue weighted by Gasteiger charge is 2.26. The van der Waals surface area contributed by atoms with Crippen molar-refractivity contribution in [2.24, 2.45) is 0 Å². The van der Waals surface area contributed by atoms with Crippen LogP contribution in [0.5, 0.6) is 11.5 Å².